The fraction of sp³-hybridized carbons (Fsp3) is 0.938. The van der Waals surface area contributed by atoms with Gasteiger partial charge in [-0.1, -0.05) is 20.3 Å². The Balaban J connectivity index is 1.84. The minimum absolute atomic E-state index is 0.414. The monoisotopic (exact) mass is 266 g/mol. The first-order valence-corrected chi connectivity index (χ1v) is 8.22. The summed E-state index contributed by atoms with van der Waals surface area (Å²) >= 11 is 0. The lowest BCUT2D eigenvalue weighted by molar-refractivity contribution is -0.136. The summed E-state index contributed by atoms with van der Waals surface area (Å²) in [5.74, 6) is 1.83. The minimum atomic E-state index is 0.414. The highest BCUT2D eigenvalue weighted by Gasteiger charge is 2.31. The standard InChI is InChI=1S/C16H30N2O/c1-3-5-15-13(2)6-4-11-18(15)16(19)8-7-14-9-10-17-12-14/h13-15,17H,3-12H2,1-2H3. The van der Waals surface area contributed by atoms with E-state index in [1.54, 1.807) is 0 Å². The molecule has 19 heavy (non-hydrogen) atoms. The molecule has 0 aromatic carbocycles. The van der Waals surface area contributed by atoms with E-state index in [1.807, 2.05) is 0 Å². The van der Waals surface area contributed by atoms with E-state index in [4.69, 9.17) is 0 Å². The Morgan fingerprint density at radius 1 is 1.32 bits per heavy atom. The molecule has 0 saturated carbocycles. The highest BCUT2D eigenvalue weighted by Crippen LogP contribution is 2.27. The number of carbonyl (C=O) groups excluding carboxylic acids is 1. The van der Waals surface area contributed by atoms with Crippen LogP contribution in [-0.4, -0.2) is 36.5 Å². The number of amides is 1. The van der Waals surface area contributed by atoms with Gasteiger partial charge in [-0.3, -0.25) is 4.79 Å². The van der Waals surface area contributed by atoms with Crippen molar-refractivity contribution in [3.8, 4) is 0 Å². The van der Waals surface area contributed by atoms with Crippen LogP contribution < -0.4 is 5.32 Å². The number of piperidine rings is 1. The lowest BCUT2D eigenvalue weighted by atomic mass is 9.87. The van der Waals surface area contributed by atoms with E-state index < -0.39 is 0 Å². The first-order chi connectivity index (χ1) is 9.22. The highest BCUT2D eigenvalue weighted by atomic mass is 16.2. The Morgan fingerprint density at radius 2 is 2.16 bits per heavy atom. The second kappa shape index (κ2) is 7.28. The minimum Gasteiger partial charge on any atom is -0.339 e. The van der Waals surface area contributed by atoms with Crippen molar-refractivity contribution < 1.29 is 4.79 Å². The maximum atomic E-state index is 12.5. The zero-order valence-corrected chi connectivity index (χ0v) is 12.7. The number of nitrogens with zero attached hydrogens (tertiary/aromatic N) is 1. The quantitative estimate of drug-likeness (QED) is 0.830. The third-order valence-corrected chi connectivity index (χ3v) is 4.95. The first-order valence-electron chi connectivity index (χ1n) is 8.22. The molecule has 2 saturated heterocycles. The second-order valence-electron chi connectivity index (χ2n) is 6.46. The van der Waals surface area contributed by atoms with Gasteiger partial charge in [-0.25, -0.2) is 0 Å². The van der Waals surface area contributed by atoms with E-state index in [9.17, 15) is 4.79 Å². The molecule has 3 atom stereocenters. The highest BCUT2D eigenvalue weighted by molar-refractivity contribution is 5.76. The molecule has 2 rings (SSSR count). The Bertz CT molecular complexity index is 286. The third kappa shape index (κ3) is 3.95. The van der Waals surface area contributed by atoms with Crippen LogP contribution in [0.3, 0.4) is 0 Å². The number of hydrogen-bond acceptors (Lipinski definition) is 2. The summed E-state index contributed by atoms with van der Waals surface area (Å²) in [5.41, 5.74) is 0. The molecular weight excluding hydrogens is 236 g/mol. The lowest BCUT2D eigenvalue weighted by Gasteiger charge is -2.40. The van der Waals surface area contributed by atoms with Crippen molar-refractivity contribution in [1.29, 1.82) is 0 Å². The molecule has 3 unspecified atom stereocenters. The molecule has 2 heterocycles. The van der Waals surface area contributed by atoms with Crippen molar-refractivity contribution in [1.82, 2.24) is 10.2 Å². The van der Waals surface area contributed by atoms with Gasteiger partial charge < -0.3 is 10.2 Å². The molecule has 2 aliphatic rings. The van der Waals surface area contributed by atoms with E-state index in [-0.39, 0.29) is 0 Å². The van der Waals surface area contributed by atoms with Crippen molar-refractivity contribution in [2.75, 3.05) is 19.6 Å². The SMILES string of the molecule is CCCC1C(C)CCCN1C(=O)CCC1CCNC1. The van der Waals surface area contributed by atoms with E-state index in [1.165, 1.54) is 32.1 Å². The van der Waals surface area contributed by atoms with E-state index in [0.717, 1.165) is 38.4 Å². The molecule has 2 aliphatic heterocycles. The normalized spacial score (nSPS) is 31.7. The van der Waals surface area contributed by atoms with Gasteiger partial charge in [0.2, 0.25) is 5.91 Å². The van der Waals surface area contributed by atoms with Crippen molar-refractivity contribution in [3.05, 3.63) is 0 Å². The van der Waals surface area contributed by atoms with Gasteiger partial charge in [0.05, 0.1) is 0 Å². The topological polar surface area (TPSA) is 32.3 Å². The Kier molecular flexibility index (Phi) is 5.68. The lowest BCUT2D eigenvalue weighted by Crippen LogP contribution is -2.47. The molecule has 3 nitrogen and oxygen atoms in total. The number of likely N-dealkylation sites (tertiary alicyclic amines) is 1. The van der Waals surface area contributed by atoms with Crippen LogP contribution in [0, 0.1) is 11.8 Å². The number of carbonyl (C=O) groups is 1. The summed E-state index contributed by atoms with van der Waals surface area (Å²) in [6, 6.07) is 0.507. The second-order valence-corrected chi connectivity index (χ2v) is 6.46. The maximum absolute atomic E-state index is 12.5. The van der Waals surface area contributed by atoms with Gasteiger partial charge >= 0.3 is 0 Å². The molecule has 110 valence electrons. The van der Waals surface area contributed by atoms with Crippen LogP contribution in [0.15, 0.2) is 0 Å². The van der Waals surface area contributed by atoms with Crippen molar-refractivity contribution in [3.63, 3.8) is 0 Å². The molecule has 0 aromatic rings. The fourth-order valence-electron chi connectivity index (χ4n) is 3.73. The fourth-order valence-corrected chi connectivity index (χ4v) is 3.73. The van der Waals surface area contributed by atoms with Crippen LogP contribution >= 0.6 is 0 Å². The van der Waals surface area contributed by atoms with Crippen molar-refractivity contribution in [2.24, 2.45) is 11.8 Å². The van der Waals surface area contributed by atoms with Crippen LogP contribution in [0.25, 0.3) is 0 Å². The van der Waals surface area contributed by atoms with Crippen LogP contribution in [-0.2, 0) is 4.79 Å². The summed E-state index contributed by atoms with van der Waals surface area (Å²) in [6.45, 7) is 7.80. The predicted octanol–water partition coefficient (Wildman–Crippen LogP) is 2.80. The van der Waals surface area contributed by atoms with Crippen LogP contribution in [0.5, 0.6) is 0 Å². The summed E-state index contributed by atoms with van der Waals surface area (Å²) in [7, 11) is 0. The summed E-state index contributed by atoms with van der Waals surface area (Å²) in [5, 5.41) is 3.39. The van der Waals surface area contributed by atoms with Crippen molar-refractivity contribution in [2.45, 2.75) is 64.8 Å². The molecule has 0 bridgehead atoms. The number of hydrogen-bond donors (Lipinski definition) is 1. The Morgan fingerprint density at radius 3 is 2.84 bits per heavy atom. The number of rotatable bonds is 5. The van der Waals surface area contributed by atoms with Gasteiger partial charge in [-0.05, 0) is 57.0 Å². The van der Waals surface area contributed by atoms with E-state index >= 15 is 0 Å². The van der Waals surface area contributed by atoms with Gasteiger partial charge in [-0.2, -0.15) is 0 Å². The van der Waals surface area contributed by atoms with Crippen LogP contribution in [0.2, 0.25) is 0 Å². The first kappa shape index (κ1) is 14.8. The largest absolute Gasteiger partial charge is 0.339 e. The summed E-state index contributed by atoms with van der Waals surface area (Å²) in [6.07, 6.45) is 7.94. The van der Waals surface area contributed by atoms with Gasteiger partial charge in [0.25, 0.3) is 0 Å². The van der Waals surface area contributed by atoms with E-state index in [0.29, 0.717) is 17.9 Å². The van der Waals surface area contributed by atoms with Crippen molar-refractivity contribution >= 4 is 5.91 Å². The molecular formula is C16H30N2O. The predicted molar refractivity (Wildman–Crippen MR) is 79.0 cm³/mol. The molecule has 0 aliphatic carbocycles. The Hall–Kier alpha value is -0.570. The van der Waals surface area contributed by atoms with Gasteiger partial charge in [0.15, 0.2) is 0 Å². The van der Waals surface area contributed by atoms with Gasteiger partial charge in [-0.15, -0.1) is 0 Å². The van der Waals surface area contributed by atoms with Gasteiger partial charge in [0, 0.05) is 19.0 Å². The average molecular weight is 266 g/mol. The van der Waals surface area contributed by atoms with Crippen LogP contribution in [0.1, 0.15) is 58.8 Å². The average Bonchev–Trinajstić information content (AvgIpc) is 2.92. The third-order valence-electron chi connectivity index (χ3n) is 4.95. The summed E-state index contributed by atoms with van der Waals surface area (Å²) in [4.78, 5) is 14.7. The number of nitrogens with one attached hydrogen (secondary N) is 1. The van der Waals surface area contributed by atoms with Crippen LogP contribution in [0.4, 0.5) is 0 Å². The molecule has 0 aromatic heterocycles. The zero-order chi connectivity index (χ0) is 13.7. The molecule has 1 N–H and O–H groups in total. The Labute approximate surface area is 118 Å². The zero-order valence-electron chi connectivity index (χ0n) is 12.7. The molecule has 0 spiro atoms. The molecule has 2 fully saturated rings. The van der Waals surface area contributed by atoms with Gasteiger partial charge in [0.1, 0.15) is 0 Å². The smallest absolute Gasteiger partial charge is 0.222 e. The molecule has 3 heteroatoms. The van der Waals surface area contributed by atoms with E-state index in [2.05, 4.69) is 24.1 Å². The maximum Gasteiger partial charge on any atom is 0.222 e. The summed E-state index contributed by atoms with van der Waals surface area (Å²) < 4.78 is 0. The molecule has 1 amide bonds. The molecule has 0 radical (unpaired) electrons.